The first kappa shape index (κ1) is 24.5. The third-order valence-corrected chi connectivity index (χ3v) is 8.62. The Balaban J connectivity index is 1.54. The van der Waals surface area contributed by atoms with E-state index in [-0.39, 0.29) is 28.8 Å². The van der Waals surface area contributed by atoms with E-state index in [9.17, 15) is 18.0 Å². The quantitative estimate of drug-likeness (QED) is 0.575. The molecule has 0 radical (unpaired) electrons. The van der Waals surface area contributed by atoms with Gasteiger partial charge in [-0.2, -0.15) is 4.31 Å². The zero-order valence-electron chi connectivity index (χ0n) is 18.9. The Morgan fingerprint density at radius 3 is 2.44 bits per heavy atom. The molecule has 1 heterocycles. The Morgan fingerprint density at radius 1 is 1.12 bits per heavy atom. The number of anilines is 1. The van der Waals surface area contributed by atoms with Crippen LogP contribution in [0.3, 0.4) is 0 Å². The largest absolute Gasteiger partial charge is 0.350 e. The van der Waals surface area contributed by atoms with Crippen LogP contribution >= 0.6 is 0 Å². The van der Waals surface area contributed by atoms with Crippen molar-refractivity contribution in [2.45, 2.75) is 81.7 Å². The van der Waals surface area contributed by atoms with Gasteiger partial charge in [0.2, 0.25) is 21.8 Å². The first-order chi connectivity index (χ1) is 15.3. The summed E-state index contributed by atoms with van der Waals surface area (Å²) in [6, 6.07) is 6.09. The van der Waals surface area contributed by atoms with Crippen LogP contribution in [-0.4, -0.2) is 43.2 Å². The molecule has 1 aromatic rings. The van der Waals surface area contributed by atoms with Crippen LogP contribution in [0.2, 0.25) is 0 Å². The van der Waals surface area contributed by atoms with Crippen molar-refractivity contribution in [1.29, 1.82) is 0 Å². The van der Waals surface area contributed by atoms with Crippen molar-refractivity contribution in [1.82, 2.24) is 9.62 Å². The molecule has 1 saturated carbocycles. The highest BCUT2D eigenvalue weighted by Gasteiger charge is 2.34. The maximum Gasteiger partial charge on any atom is 0.243 e. The van der Waals surface area contributed by atoms with Gasteiger partial charge in [0.25, 0.3) is 0 Å². The molecule has 0 aromatic heterocycles. The first-order valence-electron chi connectivity index (χ1n) is 11.6. The molecule has 1 saturated heterocycles. The van der Waals surface area contributed by atoms with Crippen LogP contribution in [0.15, 0.2) is 41.8 Å². The van der Waals surface area contributed by atoms with Gasteiger partial charge in [-0.15, -0.1) is 0 Å². The van der Waals surface area contributed by atoms with Crippen LogP contribution in [-0.2, 0) is 19.6 Å². The fourth-order valence-corrected chi connectivity index (χ4v) is 6.44. The van der Waals surface area contributed by atoms with E-state index in [0.717, 1.165) is 6.42 Å². The fourth-order valence-electron chi connectivity index (χ4n) is 4.78. The monoisotopic (exact) mass is 461 g/mol. The summed E-state index contributed by atoms with van der Waals surface area (Å²) in [4.78, 5) is 24.0. The van der Waals surface area contributed by atoms with Gasteiger partial charge in [-0.1, -0.05) is 38.7 Å². The van der Waals surface area contributed by atoms with Gasteiger partial charge < -0.3 is 10.6 Å². The third kappa shape index (κ3) is 6.42. The molecule has 0 bridgehead atoms. The summed E-state index contributed by atoms with van der Waals surface area (Å²) in [6.45, 7) is 5.64. The van der Waals surface area contributed by atoms with E-state index in [2.05, 4.69) is 17.2 Å². The second-order valence-electron chi connectivity index (χ2n) is 9.01. The molecule has 2 amide bonds. The number of nitrogens with zero attached hydrogens (tertiary/aromatic N) is 1. The van der Waals surface area contributed by atoms with Gasteiger partial charge in [-0.25, -0.2) is 8.42 Å². The minimum Gasteiger partial charge on any atom is -0.350 e. The summed E-state index contributed by atoms with van der Waals surface area (Å²) >= 11 is 0. The first-order valence-corrected chi connectivity index (χ1v) is 13.1. The molecule has 176 valence electrons. The van der Waals surface area contributed by atoms with Crippen molar-refractivity contribution in [2.75, 3.05) is 11.9 Å². The predicted octanol–water partition coefficient (Wildman–Crippen LogP) is 3.83. The zero-order chi connectivity index (χ0) is 23.1. The van der Waals surface area contributed by atoms with Crippen LogP contribution in [0, 0.1) is 5.92 Å². The molecule has 32 heavy (non-hydrogen) atoms. The maximum atomic E-state index is 13.1. The van der Waals surface area contributed by atoms with E-state index in [1.807, 2.05) is 6.92 Å². The number of piperidine rings is 1. The number of hydrogen-bond acceptors (Lipinski definition) is 4. The second-order valence-corrected chi connectivity index (χ2v) is 10.9. The van der Waals surface area contributed by atoms with Crippen LogP contribution < -0.4 is 10.6 Å². The highest BCUT2D eigenvalue weighted by atomic mass is 32.2. The topological polar surface area (TPSA) is 95.6 Å². The van der Waals surface area contributed by atoms with E-state index >= 15 is 0 Å². The van der Waals surface area contributed by atoms with Gasteiger partial charge in [-0.05, 0) is 62.4 Å². The highest BCUT2D eigenvalue weighted by molar-refractivity contribution is 7.89. The lowest BCUT2D eigenvalue weighted by Gasteiger charge is -2.36. The standard InChI is InChI=1S/C24H35N3O4S/c1-3-23(28)26-21-15-16-27(18(2)17-21)32(30,31)22-12-10-20(11-13-22)25-24(29)14-9-19-7-5-4-6-8-19/h3,10-13,18-19,21H,1,4-9,14-17H2,2H3,(H,25,29)(H,26,28). The van der Waals surface area contributed by atoms with Crippen LogP contribution in [0.25, 0.3) is 0 Å². The Bertz CT molecular complexity index is 908. The molecule has 2 unspecified atom stereocenters. The van der Waals surface area contributed by atoms with Gasteiger partial charge in [-0.3, -0.25) is 9.59 Å². The SMILES string of the molecule is C=CC(=O)NC1CCN(S(=O)(=O)c2ccc(NC(=O)CCC3CCCCC3)cc2)C(C)C1. The number of amides is 2. The number of nitrogens with one attached hydrogen (secondary N) is 2. The normalized spacial score (nSPS) is 22.8. The van der Waals surface area contributed by atoms with E-state index < -0.39 is 10.0 Å². The number of sulfonamides is 1. The molecule has 2 fully saturated rings. The molecule has 3 rings (SSSR count). The minimum absolute atomic E-state index is 0.0246. The molecule has 0 spiro atoms. The fraction of sp³-hybridized carbons (Fsp3) is 0.583. The Hall–Kier alpha value is -2.19. The van der Waals surface area contributed by atoms with Crippen LogP contribution in [0.4, 0.5) is 5.69 Å². The lowest BCUT2D eigenvalue weighted by Crippen LogP contribution is -2.50. The van der Waals surface area contributed by atoms with Crippen LogP contribution in [0.5, 0.6) is 0 Å². The third-order valence-electron chi connectivity index (χ3n) is 6.60. The average molecular weight is 462 g/mol. The lowest BCUT2D eigenvalue weighted by molar-refractivity contribution is -0.117. The van der Waals surface area contributed by atoms with Gasteiger partial charge in [0.15, 0.2) is 0 Å². The molecule has 2 aliphatic rings. The summed E-state index contributed by atoms with van der Waals surface area (Å²) in [6.07, 6.45) is 10.0. The summed E-state index contributed by atoms with van der Waals surface area (Å²) < 4.78 is 27.7. The molecule has 7 nitrogen and oxygen atoms in total. The zero-order valence-corrected chi connectivity index (χ0v) is 19.7. The lowest BCUT2D eigenvalue weighted by atomic mass is 9.86. The van der Waals surface area contributed by atoms with Crippen LogP contribution in [0.1, 0.15) is 64.7 Å². The van der Waals surface area contributed by atoms with Gasteiger partial charge in [0, 0.05) is 30.7 Å². The molecule has 2 N–H and O–H groups in total. The number of carbonyl (C=O) groups excluding carboxylic acids is 2. The Labute approximate surface area is 191 Å². The molecule has 8 heteroatoms. The molecule has 1 aliphatic heterocycles. The number of hydrogen-bond donors (Lipinski definition) is 2. The van der Waals surface area contributed by atoms with Crippen molar-refractivity contribution in [3.63, 3.8) is 0 Å². The van der Waals surface area contributed by atoms with E-state index in [4.69, 9.17) is 0 Å². The number of rotatable bonds is 8. The molecule has 1 aromatic carbocycles. The predicted molar refractivity (Wildman–Crippen MR) is 126 cm³/mol. The van der Waals surface area contributed by atoms with E-state index in [1.165, 1.54) is 42.5 Å². The summed E-state index contributed by atoms with van der Waals surface area (Å²) in [5, 5.41) is 5.73. The Kier molecular flexibility index (Phi) is 8.48. The molecule has 1 aliphatic carbocycles. The second kappa shape index (κ2) is 11.1. The van der Waals surface area contributed by atoms with Gasteiger partial charge in [0.05, 0.1) is 4.90 Å². The summed E-state index contributed by atoms with van der Waals surface area (Å²) in [5.74, 6) is 0.386. The van der Waals surface area contributed by atoms with Crippen molar-refractivity contribution >= 4 is 27.5 Å². The van der Waals surface area contributed by atoms with Crippen molar-refractivity contribution in [3.05, 3.63) is 36.9 Å². The van der Waals surface area contributed by atoms with Gasteiger partial charge in [0.1, 0.15) is 0 Å². The number of benzene rings is 1. The van der Waals surface area contributed by atoms with Gasteiger partial charge >= 0.3 is 0 Å². The molecular weight excluding hydrogens is 426 g/mol. The van der Waals surface area contributed by atoms with Crippen molar-refractivity contribution < 1.29 is 18.0 Å². The minimum atomic E-state index is -3.65. The smallest absolute Gasteiger partial charge is 0.243 e. The molecular formula is C24H35N3O4S. The highest BCUT2D eigenvalue weighted by Crippen LogP contribution is 2.28. The Morgan fingerprint density at radius 2 is 1.81 bits per heavy atom. The van der Waals surface area contributed by atoms with Crippen molar-refractivity contribution in [3.8, 4) is 0 Å². The summed E-state index contributed by atoms with van der Waals surface area (Å²) in [5.41, 5.74) is 0.608. The maximum absolute atomic E-state index is 13.1. The van der Waals surface area contributed by atoms with E-state index in [0.29, 0.717) is 37.4 Å². The van der Waals surface area contributed by atoms with Crippen molar-refractivity contribution in [2.24, 2.45) is 5.92 Å². The molecule has 2 atom stereocenters. The average Bonchev–Trinajstić information content (AvgIpc) is 2.78. The summed E-state index contributed by atoms with van der Waals surface area (Å²) in [7, 11) is -3.65. The number of carbonyl (C=O) groups is 2. The van der Waals surface area contributed by atoms with E-state index in [1.54, 1.807) is 24.3 Å².